The van der Waals surface area contributed by atoms with Gasteiger partial charge < -0.3 is 10.1 Å². The van der Waals surface area contributed by atoms with Crippen LogP contribution in [-0.4, -0.2) is 18.1 Å². The fourth-order valence-corrected chi connectivity index (χ4v) is 3.70. The second-order valence-corrected chi connectivity index (χ2v) is 6.16. The Morgan fingerprint density at radius 1 is 1.24 bits per heavy atom. The van der Waals surface area contributed by atoms with Crippen molar-refractivity contribution in [3.8, 4) is 16.3 Å². The molecule has 2 aromatic carbocycles. The van der Waals surface area contributed by atoms with Crippen LogP contribution in [0.15, 0.2) is 36.4 Å². The van der Waals surface area contributed by atoms with E-state index in [2.05, 4.69) is 29.6 Å². The molecular weight excluding hydrogens is 280 g/mol. The van der Waals surface area contributed by atoms with Crippen molar-refractivity contribution in [2.45, 2.75) is 13.3 Å². The van der Waals surface area contributed by atoms with Crippen LogP contribution in [-0.2, 0) is 6.42 Å². The van der Waals surface area contributed by atoms with Gasteiger partial charge in [0.15, 0.2) is 0 Å². The monoisotopic (exact) mass is 296 g/mol. The van der Waals surface area contributed by atoms with E-state index in [4.69, 9.17) is 9.72 Å². The van der Waals surface area contributed by atoms with E-state index < -0.39 is 0 Å². The summed E-state index contributed by atoms with van der Waals surface area (Å²) in [6.07, 6.45) is 1.12. The van der Waals surface area contributed by atoms with E-state index in [1.165, 1.54) is 21.5 Å². The van der Waals surface area contributed by atoms with Crippen molar-refractivity contribution in [1.82, 2.24) is 4.98 Å². The van der Waals surface area contributed by atoms with Crippen molar-refractivity contribution in [2.24, 2.45) is 0 Å². The fraction of sp³-hybridized carbons (Fsp3) is 0.235. The highest BCUT2D eigenvalue weighted by atomic mass is 32.1. The van der Waals surface area contributed by atoms with Crippen LogP contribution in [0.4, 0.5) is 5.69 Å². The van der Waals surface area contributed by atoms with Gasteiger partial charge in [-0.25, -0.2) is 4.98 Å². The summed E-state index contributed by atoms with van der Waals surface area (Å²) in [5, 5.41) is 4.49. The standard InChI is InChI=1S/C17H16N2OS/c1-2-20-13-5-6-14-16(10-13)21-17(19-14)12-4-3-11-7-8-18-15(11)9-12/h3-6,9-10,18H,2,7-8H2,1H3. The highest BCUT2D eigenvalue weighted by Crippen LogP contribution is 2.35. The van der Waals surface area contributed by atoms with Crippen LogP contribution in [0.2, 0.25) is 0 Å². The van der Waals surface area contributed by atoms with E-state index in [1.807, 2.05) is 19.1 Å². The number of benzene rings is 2. The maximum atomic E-state index is 5.56. The van der Waals surface area contributed by atoms with Gasteiger partial charge in [-0.05, 0) is 43.2 Å². The molecule has 21 heavy (non-hydrogen) atoms. The number of ether oxygens (including phenoxy) is 1. The number of anilines is 1. The van der Waals surface area contributed by atoms with Crippen molar-refractivity contribution >= 4 is 27.2 Å². The predicted molar refractivity (Wildman–Crippen MR) is 88.4 cm³/mol. The van der Waals surface area contributed by atoms with Crippen LogP contribution in [0.3, 0.4) is 0 Å². The third-order valence-corrected chi connectivity index (χ3v) is 4.80. The summed E-state index contributed by atoms with van der Waals surface area (Å²) in [6.45, 7) is 3.73. The minimum atomic E-state index is 0.688. The number of nitrogens with one attached hydrogen (secondary N) is 1. The zero-order valence-corrected chi connectivity index (χ0v) is 12.7. The molecule has 3 nitrogen and oxygen atoms in total. The Bertz CT molecular complexity index is 810. The number of hydrogen-bond donors (Lipinski definition) is 1. The van der Waals surface area contributed by atoms with Gasteiger partial charge in [0.2, 0.25) is 0 Å². The highest BCUT2D eigenvalue weighted by Gasteiger charge is 2.13. The average molecular weight is 296 g/mol. The quantitative estimate of drug-likeness (QED) is 0.781. The van der Waals surface area contributed by atoms with Gasteiger partial charge in [-0.3, -0.25) is 0 Å². The number of thiazole rings is 1. The molecule has 1 N–H and O–H groups in total. The van der Waals surface area contributed by atoms with Gasteiger partial charge in [-0.15, -0.1) is 11.3 Å². The minimum absolute atomic E-state index is 0.688. The van der Waals surface area contributed by atoms with Crippen molar-refractivity contribution in [1.29, 1.82) is 0 Å². The number of fused-ring (bicyclic) bond motifs is 2. The topological polar surface area (TPSA) is 34.1 Å². The van der Waals surface area contributed by atoms with Gasteiger partial charge in [0.05, 0.1) is 16.8 Å². The van der Waals surface area contributed by atoms with E-state index in [-0.39, 0.29) is 0 Å². The maximum Gasteiger partial charge on any atom is 0.124 e. The molecular formula is C17H16N2OS. The second-order valence-electron chi connectivity index (χ2n) is 5.13. The maximum absolute atomic E-state index is 5.56. The van der Waals surface area contributed by atoms with Gasteiger partial charge >= 0.3 is 0 Å². The van der Waals surface area contributed by atoms with Crippen LogP contribution in [0.25, 0.3) is 20.8 Å². The summed E-state index contributed by atoms with van der Waals surface area (Å²) in [6, 6.07) is 12.7. The molecule has 0 atom stereocenters. The highest BCUT2D eigenvalue weighted by molar-refractivity contribution is 7.21. The van der Waals surface area contributed by atoms with Gasteiger partial charge in [-0.1, -0.05) is 12.1 Å². The first-order chi connectivity index (χ1) is 10.3. The molecule has 2 heterocycles. The molecule has 4 rings (SSSR count). The van der Waals surface area contributed by atoms with Gasteiger partial charge in [0, 0.05) is 17.8 Å². The molecule has 1 aliphatic heterocycles. The molecule has 0 radical (unpaired) electrons. The van der Waals surface area contributed by atoms with Crippen molar-refractivity contribution < 1.29 is 4.74 Å². The molecule has 0 saturated carbocycles. The van der Waals surface area contributed by atoms with Crippen LogP contribution >= 0.6 is 11.3 Å². The molecule has 0 saturated heterocycles. The largest absolute Gasteiger partial charge is 0.494 e. The van der Waals surface area contributed by atoms with Crippen LogP contribution in [0.5, 0.6) is 5.75 Å². The molecule has 3 aromatic rings. The zero-order valence-electron chi connectivity index (χ0n) is 11.8. The molecule has 0 bridgehead atoms. The molecule has 0 spiro atoms. The Labute approximate surface area is 127 Å². The van der Waals surface area contributed by atoms with Crippen molar-refractivity contribution in [3.63, 3.8) is 0 Å². The summed E-state index contributed by atoms with van der Waals surface area (Å²) in [4.78, 5) is 4.74. The average Bonchev–Trinajstić information content (AvgIpc) is 3.12. The molecule has 1 aromatic heterocycles. The summed E-state index contributed by atoms with van der Waals surface area (Å²) < 4.78 is 6.73. The Balaban J connectivity index is 1.76. The minimum Gasteiger partial charge on any atom is -0.494 e. The molecule has 1 aliphatic rings. The van der Waals surface area contributed by atoms with E-state index in [0.717, 1.165) is 29.2 Å². The lowest BCUT2D eigenvalue weighted by molar-refractivity contribution is 0.341. The number of nitrogens with zero attached hydrogens (tertiary/aromatic N) is 1. The smallest absolute Gasteiger partial charge is 0.124 e. The van der Waals surface area contributed by atoms with E-state index >= 15 is 0 Å². The Morgan fingerprint density at radius 3 is 3.10 bits per heavy atom. The summed E-state index contributed by atoms with van der Waals surface area (Å²) in [7, 11) is 0. The van der Waals surface area contributed by atoms with Crippen LogP contribution in [0, 0.1) is 0 Å². The van der Waals surface area contributed by atoms with Crippen LogP contribution < -0.4 is 10.1 Å². The lowest BCUT2D eigenvalue weighted by atomic mass is 10.1. The molecule has 106 valence electrons. The van der Waals surface area contributed by atoms with Gasteiger partial charge in [0.1, 0.15) is 10.8 Å². The molecule has 0 unspecified atom stereocenters. The Morgan fingerprint density at radius 2 is 2.19 bits per heavy atom. The number of hydrogen-bond acceptors (Lipinski definition) is 4. The number of rotatable bonds is 3. The first kappa shape index (κ1) is 12.7. The molecule has 0 amide bonds. The SMILES string of the molecule is CCOc1ccc2nc(-c3ccc4c(c3)NCC4)sc2c1. The molecule has 4 heteroatoms. The summed E-state index contributed by atoms with van der Waals surface area (Å²) in [5.74, 6) is 0.913. The Hall–Kier alpha value is -2.07. The van der Waals surface area contributed by atoms with Gasteiger partial charge in [0.25, 0.3) is 0 Å². The van der Waals surface area contributed by atoms with Gasteiger partial charge in [-0.2, -0.15) is 0 Å². The zero-order chi connectivity index (χ0) is 14.2. The molecule has 0 aliphatic carbocycles. The molecule has 0 fully saturated rings. The van der Waals surface area contributed by atoms with E-state index in [9.17, 15) is 0 Å². The third-order valence-electron chi connectivity index (χ3n) is 3.74. The lowest BCUT2D eigenvalue weighted by Crippen LogP contribution is -1.90. The normalized spacial score (nSPS) is 13.2. The first-order valence-corrected chi connectivity index (χ1v) is 8.06. The van der Waals surface area contributed by atoms with E-state index in [1.54, 1.807) is 11.3 Å². The van der Waals surface area contributed by atoms with E-state index in [0.29, 0.717) is 6.61 Å². The van der Waals surface area contributed by atoms with Crippen molar-refractivity contribution in [2.75, 3.05) is 18.5 Å². The Kier molecular flexibility index (Phi) is 3.04. The van der Waals surface area contributed by atoms with Crippen LogP contribution in [0.1, 0.15) is 12.5 Å². The number of aromatic nitrogens is 1. The third kappa shape index (κ3) is 2.25. The lowest BCUT2D eigenvalue weighted by Gasteiger charge is -2.01. The second kappa shape index (κ2) is 5.04. The predicted octanol–water partition coefficient (Wildman–Crippen LogP) is 4.33. The summed E-state index contributed by atoms with van der Waals surface area (Å²) in [5.41, 5.74) is 4.87. The summed E-state index contributed by atoms with van der Waals surface area (Å²) >= 11 is 1.72. The van der Waals surface area contributed by atoms with Crippen molar-refractivity contribution in [3.05, 3.63) is 42.0 Å². The first-order valence-electron chi connectivity index (χ1n) is 7.24. The fourth-order valence-electron chi connectivity index (χ4n) is 2.71.